The summed E-state index contributed by atoms with van der Waals surface area (Å²) in [4.78, 5) is 190. The van der Waals surface area contributed by atoms with Gasteiger partial charge >= 0.3 is 77.6 Å². The van der Waals surface area contributed by atoms with E-state index in [2.05, 4.69) is 47.5 Å². The number of carbonyl (C=O) groups excluding carboxylic acids is 14. The molecule has 139 heavy (non-hydrogen) atoms. The maximum Gasteiger partial charge on any atom is 0.344 e. The van der Waals surface area contributed by atoms with E-state index in [9.17, 15) is 67.1 Å². The van der Waals surface area contributed by atoms with Crippen LogP contribution in [0.1, 0.15) is 152 Å². The number of allylic oxidation sites excluding steroid dienone is 2. The van der Waals surface area contributed by atoms with Crippen LogP contribution in [-0.4, -0.2) is 334 Å². The molecule has 1 amide bonds. The molecule has 0 radical (unpaired) electrons. The topological polar surface area (TPSA) is 550 Å². The Morgan fingerprint density at radius 3 is 1.15 bits per heavy atom. The van der Waals surface area contributed by atoms with Gasteiger partial charge in [0.15, 0.2) is 46.2 Å². The fraction of sp³-hybridized carbons (Fsp3) is 0.667. The van der Waals surface area contributed by atoms with Crippen LogP contribution in [0.3, 0.4) is 0 Å². The van der Waals surface area contributed by atoms with E-state index < -0.39 is 216 Å². The Morgan fingerprint density at radius 1 is 0.424 bits per heavy atom. The second-order valence-corrected chi connectivity index (χ2v) is 36.9. The lowest BCUT2D eigenvalue weighted by Crippen LogP contribution is -2.44. The summed E-state index contributed by atoms with van der Waals surface area (Å²) in [7, 11) is 0. The Morgan fingerprint density at radius 2 is 0.777 bits per heavy atom. The number of aryl methyl sites for hydroxylation is 1. The molecule has 0 spiro atoms. The molecule has 49 heteroatoms. The molecule has 0 bridgehead atoms. The van der Waals surface area contributed by atoms with Gasteiger partial charge in [-0.1, -0.05) is 48.6 Å². The largest absolute Gasteiger partial charge is 0.470 e. The molecule has 4 N–H and O–H groups in total. The molecule has 4 aromatic rings. The molecule has 3 aromatic heterocycles. The molecule has 3 aliphatic heterocycles. The Labute approximate surface area is 818 Å². The standard InChI is InChI=1S/C90H129N13O33S3/c1-11-91-68(104)22-18-13-12-17-21-64-65(26-25-60(24-23-59-19-15-14-16-20-59)131-79(115)56-123-71(107)29-32-74(110)134-63(48-94-90(8,9)10)51-130-87-84(97-139-100-87)103-37-43-120-44-38-103)67(136-81(117)58-127-78(114)55-125-76(112)53-122-70(106)28-31-73(109)133-62(47-93-89(5,6)7)50-129-86-83(96-138-99-86)102-35-41-119-42-36-102)45-66(64)135-80(116)57-126-77(113)54-124-75(111)52-121-69(105)27-30-72(108)132-61(46-92-88(2,3)4)49-128-85-82(95-137-98-85)101-33-39-118-40-34-101/h12,14-17,19-20,25-26,60-67,92-94H,11,13,18,21-24,27-58H2,1-10H3,(H,91,104)/b17-12-,26-25+/t60-,61-,62-,63-,64+,65+,66-,67+/m0/s1. The number of unbranched alkanes of at least 4 members (excludes halogenated alkanes) is 1. The van der Waals surface area contributed by atoms with Gasteiger partial charge in [-0.25, -0.2) is 33.6 Å². The minimum absolute atomic E-state index is 0.0564. The third kappa shape index (κ3) is 45.6. The molecule has 6 heterocycles. The highest BCUT2D eigenvalue weighted by Crippen LogP contribution is 2.41. The summed E-state index contributed by atoms with van der Waals surface area (Å²) in [5, 5.41) is 12.6. The van der Waals surface area contributed by atoms with E-state index in [0.717, 1.165) is 40.7 Å². The van der Waals surface area contributed by atoms with E-state index in [0.29, 0.717) is 122 Å². The number of aromatic nitrogens is 6. The number of benzene rings is 1. The molecule has 1 aromatic carbocycles. The van der Waals surface area contributed by atoms with Crippen molar-refractivity contribution in [1.82, 2.24) is 47.5 Å². The summed E-state index contributed by atoms with van der Waals surface area (Å²) in [5.74, 6) is -13.2. The molecule has 1 aliphatic carbocycles. The Hall–Kier alpha value is -11.5. The fourth-order valence-corrected chi connectivity index (χ4v) is 15.1. The maximum atomic E-state index is 14.0. The van der Waals surface area contributed by atoms with Crippen molar-refractivity contribution in [3.63, 3.8) is 0 Å². The molecule has 0 unspecified atom stereocenters. The first-order valence-corrected chi connectivity index (χ1v) is 48.2. The normalized spacial score (nSPS) is 17.1. The summed E-state index contributed by atoms with van der Waals surface area (Å²) in [6.07, 6.45) is -1.27. The van der Waals surface area contributed by atoms with E-state index in [1.807, 2.05) is 89.1 Å². The van der Waals surface area contributed by atoms with E-state index in [1.54, 1.807) is 43.4 Å². The first-order valence-electron chi connectivity index (χ1n) is 46.0. The van der Waals surface area contributed by atoms with Crippen molar-refractivity contribution in [3.8, 4) is 17.6 Å². The molecule has 8 rings (SSSR count). The molecule has 1 saturated carbocycles. The molecule has 4 fully saturated rings. The van der Waals surface area contributed by atoms with Crippen LogP contribution in [0.5, 0.6) is 17.6 Å². The molecule has 4 aliphatic rings. The zero-order valence-electron chi connectivity index (χ0n) is 80.1. The average molecular weight is 2020 g/mol. The number of morpholine rings is 3. The Kier molecular flexibility index (Phi) is 48.6. The van der Waals surface area contributed by atoms with Crippen molar-refractivity contribution in [2.75, 3.05) is 186 Å². The third-order valence-electron chi connectivity index (χ3n) is 20.6. The molecule has 3 saturated heterocycles. The van der Waals surface area contributed by atoms with Crippen molar-refractivity contribution in [2.45, 2.75) is 206 Å². The van der Waals surface area contributed by atoms with Gasteiger partial charge in [-0.2, -0.15) is 13.1 Å². The zero-order chi connectivity index (χ0) is 101. The van der Waals surface area contributed by atoms with Gasteiger partial charge in [0.1, 0.15) is 56.4 Å². The van der Waals surface area contributed by atoms with Crippen LogP contribution in [0.25, 0.3) is 0 Å². The van der Waals surface area contributed by atoms with Gasteiger partial charge in [-0.3, -0.25) is 33.6 Å². The number of nitrogens with one attached hydrogen (secondary N) is 4. The van der Waals surface area contributed by atoms with Crippen LogP contribution >= 0.6 is 35.2 Å². The van der Waals surface area contributed by atoms with Crippen molar-refractivity contribution < 1.29 is 157 Å². The number of nitrogens with zero attached hydrogens (tertiary/aromatic N) is 9. The van der Waals surface area contributed by atoms with Gasteiger partial charge in [0.05, 0.1) is 113 Å². The number of amides is 1. The van der Waals surface area contributed by atoms with Crippen molar-refractivity contribution in [2.24, 2.45) is 11.8 Å². The van der Waals surface area contributed by atoms with Crippen LogP contribution in [0.2, 0.25) is 0 Å². The van der Waals surface area contributed by atoms with Gasteiger partial charge < -0.3 is 126 Å². The summed E-state index contributed by atoms with van der Waals surface area (Å²) in [5.41, 5.74) is -0.332. The summed E-state index contributed by atoms with van der Waals surface area (Å²) in [6.45, 7) is 18.9. The first kappa shape index (κ1) is 113. The van der Waals surface area contributed by atoms with Crippen molar-refractivity contribution in [1.29, 1.82) is 0 Å². The minimum Gasteiger partial charge on any atom is -0.470 e. The SMILES string of the molecule is CCNC(=O)CCC/C=C\C[C@@H]1[C@@H](/C=C/[C@H](CCc2ccccc2)OC(=O)COC(=O)CCC(=O)O[C@@H](CNC(C)(C)C)COc2nsnc2N2CCOCC2)[C@H](OC(=O)COC(=O)COC(=O)COC(=O)CCC(=O)O[C@@H](CNC(C)(C)C)COc2nsnc2N2CCOCC2)C[C@@H]1OC(=O)COC(=O)COC(=O)COC(=O)CCC(=O)O[C@@H](CNC(C)(C)C)COc1nsnc1N1CCOCC1. The second-order valence-electron chi connectivity index (χ2n) is 35.3. The molecule has 770 valence electrons. The molecule has 8 atom stereocenters. The minimum atomic E-state index is -1.28. The predicted octanol–water partition coefficient (Wildman–Crippen LogP) is 4.14. The lowest BCUT2D eigenvalue weighted by atomic mass is 9.89. The number of hydrogen-bond donors (Lipinski definition) is 4. The number of anilines is 3. The van der Waals surface area contributed by atoms with E-state index >= 15 is 0 Å². The maximum absolute atomic E-state index is 14.0. The zero-order valence-corrected chi connectivity index (χ0v) is 82.6. The summed E-state index contributed by atoms with van der Waals surface area (Å²) < 4.78 is 131. The van der Waals surface area contributed by atoms with Crippen LogP contribution < -0.4 is 50.2 Å². The van der Waals surface area contributed by atoms with Gasteiger partial charge in [0.25, 0.3) is 17.6 Å². The average Bonchev–Trinajstić information content (AvgIpc) is 1.66. The lowest BCUT2D eigenvalue weighted by Gasteiger charge is -2.27. The van der Waals surface area contributed by atoms with Gasteiger partial charge in [-0.15, -0.1) is 13.1 Å². The van der Waals surface area contributed by atoms with Gasteiger partial charge in [0.2, 0.25) is 23.4 Å². The molecular formula is C90H129N13O33S3. The third-order valence-corrected chi connectivity index (χ3v) is 22.1. The summed E-state index contributed by atoms with van der Waals surface area (Å²) in [6, 6.07) is 9.08. The Bertz CT molecular complexity index is 4620. The number of esters is 13. The predicted molar refractivity (Wildman–Crippen MR) is 494 cm³/mol. The second kappa shape index (κ2) is 59.8. The van der Waals surface area contributed by atoms with Gasteiger partial charge in [-0.05, 0) is 113 Å². The van der Waals surface area contributed by atoms with Crippen molar-refractivity contribution in [3.05, 3.63) is 60.2 Å². The van der Waals surface area contributed by atoms with Gasteiger partial charge in [0, 0.05) is 107 Å². The highest BCUT2D eigenvalue weighted by molar-refractivity contribution is 7.00. The van der Waals surface area contributed by atoms with Crippen LogP contribution in [0, 0.1) is 11.8 Å². The molecular weight excluding hydrogens is 1890 g/mol. The monoisotopic (exact) mass is 2020 g/mol. The van der Waals surface area contributed by atoms with E-state index in [4.69, 9.17) is 90.0 Å². The smallest absolute Gasteiger partial charge is 0.344 e. The molecule has 46 nitrogen and oxygen atoms in total. The number of rotatable bonds is 59. The quantitative estimate of drug-likeness (QED) is 0.0209. The Balaban J connectivity index is 0.890. The number of hydrogen-bond acceptors (Lipinski definition) is 48. The van der Waals surface area contributed by atoms with Crippen LogP contribution in [0.4, 0.5) is 17.5 Å². The highest BCUT2D eigenvalue weighted by atomic mass is 32.1. The van der Waals surface area contributed by atoms with Crippen molar-refractivity contribution >= 4 is 136 Å². The van der Waals surface area contributed by atoms with Crippen LogP contribution in [-0.2, 0) is 149 Å². The first-order chi connectivity index (χ1) is 66.5. The van der Waals surface area contributed by atoms with Crippen LogP contribution in [0.15, 0.2) is 54.6 Å². The fourth-order valence-electron chi connectivity index (χ4n) is 13.6. The van der Waals surface area contributed by atoms with E-state index in [1.165, 1.54) is 6.08 Å². The number of carbonyl (C=O) groups is 14. The summed E-state index contributed by atoms with van der Waals surface area (Å²) >= 11 is 2.89. The number of ether oxygens (including phenoxy) is 19. The lowest BCUT2D eigenvalue weighted by molar-refractivity contribution is -0.171. The van der Waals surface area contributed by atoms with E-state index in [-0.39, 0.29) is 99.8 Å². The highest BCUT2D eigenvalue weighted by Gasteiger charge is 2.46.